The first-order valence-corrected chi connectivity index (χ1v) is 10.8. The van der Waals surface area contributed by atoms with E-state index in [1.54, 1.807) is 29.2 Å². The van der Waals surface area contributed by atoms with E-state index in [-0.39, 0.29) is 33.6 Å². The molecule has 10 heteroatoms. The number of ether oxygens (including phenoxy) is 1. The number of hydrogen-bond acceptors (Lipinski definition) is 5. The fraction of sp³-hybridized carbons (Fsp3) is 0.381. The molecule has 1 aromatic heterocycles. The molecule has 0 fully saturated rings. The largest absolute Gasteiger partial charge is 0.479 e. The number of hydrogen-bond donors (Lipinski definition) is 3. The van der Waals surface area contributed by atoms with Crippen molar-refractivity contribution in [1.82, 2.24) is 5.32 Å². The molecule has 2 amide bonds. The number of amides is 2. The predicted molar refractivity (Wildman–Crippen MR) is 121 cm³/mol. The first-order chi connectivity index (χ1) is 14.5. The summed E-state index contributed by atoms with van der Waals surface area (Å²) in [5.74, 6) is -2.49. The third kappa shape index (κ3) is 6.35. The Morgan fingerprint density at radius 3 is 2.42 bits per heavy atom. The van der Waals surface area contributed by atoms with E-state index in [2.05, 4.69) is 5.32 Å². The fourth-order valence-electron chi connectivity index (χ4n) is 2.80. The zero-order valence-electron chi connectivity index (χ0n) is 17.6. The van der Waals surface area contributed by atoms with Gasteiger partial charge in [-0.05, 0) is 37.5 Å². The number of halogens is 1. The minimum absolute atomic E-state index is 0.0165. The van der Waals surface area contributed by atoms with Crippen LogP contribution in [0.25, 0.3) is 10.4 Å². The van der Waals surface area contributed by atoms with Gasteiger partial charge in [-0.25, -0.2) is 14.4 Å². The average Bonchev–Trinajstić information content (AvgIpc) is 3.00. The summed E-state index contributed by atoms with van der Waals surface area (Å²) < 4.78 is 5.13. The molecule has 0 spiro atoms. The van der Waals surface area contributed by atoms with Crippen molar-refractivity contribution in [3.63, 3.8) is 0 Å². The maximum atomic E-state index is 12.7. The predicted octanol–water partition coefficient (Wildman–Crippen LogP) is 4.81. The first kappa shape index (κ1) is 24.5. The molecule has 0 saturated carbocycles. The van der Waals surface area contributed by atoms with Gasteiger partial charge in [-0.2, -0.15) is 0 Å². The van der Waals surface area contributed by atoms with Gasteiger partial charge < -0.3 is 20.3 Å². The van der Waals surface area contributed by atoms with E-state index in [9.17, 15) is 19.5 Å². The van der Waals surface area contributed by atoms with Gasteiger partial charge in [-0.15, -0.1) is 11.3 Å². The van der Waals surface area contributed by atoms with Crippen LogP contribution in [0.3, 0.4) is 0 Å². The molecular formula is C21H25ClN2O6S. The lowest BCUT2D eigenvalue weighted by molar-refractivity contribution is -0.139. The van der Waals surface area contributed by atoms with Crippen molar-refractivity contribution in [3.8, 4) is 16.2 Å². The molecule has 8 nitrogen and oxygen atoms in total. The summed E-state index contributed by atoms with van der Waals surface area (Å²) in [4.78, 5) is 37.0. The molecule has 0 unspecified atom stereocenters. The van der Waals surface area contributed by atoms with Crippen molar-refractivity contribution >= 4 is 46.6 Å². The number of carbonyl (C=O) groups excluding carboxylic acids is 1. The second-order valence-corrected chi connectivity index (χ2v) is 8.95. The summed E-state index contributed by atoms with van der Waals surface area (Å²) in [6, 6.07) is 6.73. The van der Waals surface area contributed by atoms with E-state index in [0.717, 1.165) is 11.3 Å². The Kier molecular flexibility index (Phi) is 8.29. The SMILES string of the molecule is CC(C)CN(C(=O)NC(C)C)c1cccc(-c2sc(C(=O)O)c(OCC(=O)O)c2Cl)c1. The molecule has 1 heterocycles. The Morgan fingerprint density at radius 1 is 1.19 bits per heavy atom. The van der Waals surface area contributed by atoms with Crippen molar-refractivity contribution in [2.24, 2.45) is 5.92 Å². The fourth-order valence-corrected chi connectivity index (χ4v) is 4.20. The molecular weight excluding hydrogens is 444 g/mol. The lowest BCUT2D eigenvalue weighted by Crippen LogP contribution is -2.44. The second-order valence-electron chi connectivity index (χ2n) is 7.55. The Bertz CT molecular complexity index is 973. The highest BCUT2D eigenvalue weighted by atomic mass is 35.5. The summed E-state index contributed by atoms with van der Waals surface area (Å²) in [6.45, 7) is 7.52. The van der Waals surface area contributed by atoms with Gasteiger partial charge in [0.2, 0.25) is 0 Å². The van der Waals surface area contributed by atoms with E-state index < -0.39 is 18.5 Å². The highest BCUT2D eigenvalue weighted by molar-refractivity contribution is 7.18. The van der Waals surface area contributed by atoms with E-state index in [4.69, 9.17) is 21.4 Å². The van der Waals surface area contributed by atoms with Crippen LogP contribution in [-0.2, 0) is 4.79 Å². The van der Waals surface area contributed by atoms with Crippen LogP contribution in [0.2, 0.25) is 5.02 Å². The number of anilines is 1. The number of thiophene rings is 1. The molecule has 1 aromatic carbocycles. The molecule has 0 bridgehead atoms. The van der Waals surface area contributed by atoms with Crippen LogP contribution in [-0.4, -0.2) is 47.4 Å². The van der Waals surface area contributed by atoms with Crippen molar-refractivity contribution in [2.75, 3.05) is 18.1 Å². The lowest BCUT2D eigenvalue weighted by atomic mass is 10.1. The number of nitrogens with one attached hydrogen (secondary N) is 1. The molecule has 0 aliphatic carbocycles. The molecule has 0 aliphatic heterocycles. The number of aromatic carboxylic acids is 1. The summed E-state index contributed by atoms with van der Waals surface area (Å²) in [7, 11) is 0. The summed E-state index contributed by atoms with van der Waals surface area (Å²) in [5, 5.41) is 21.2. The van der Waals surface area contributed by atoms with Gasteiger partial charge in [-0.1, -0.05) is 37.6 Å². The van der Waals surface area contributed by atoms with Crippen LogP contribution < -0.4 is 15.0 Å². The second kappa shape index (κ2) is 10.5. The van der Waals surface area contributed by atoms with Gasteiger partial charge >= 0.3 is 18.0 Å². The van der Waals surface area contributed by atoms with E-state index in [1.165, 1.54) is 0 Å². The van der Waals surface area contributed by atoms with Crippen LogP contribution in [0, 0.1) is 5.92 Å². The zero-order valence-corrected chi connectivity index (χ0v) is 19.2. The topological polar surface area (TPSA) is 116 Å². The summed E-state index contributed by atoms with van der Waals surface area (Å²) >= 11 is 7.26. The van der Waals surface area contributed by atoms with Crippen molar-refractivity contribution < 1.29 is 29.3 Å². The molecule has 0 radical (unpaired) electrons. The number of carboxylic acids is 2. The number of carboxylic acid groups (broad SMARTS) is 2. The Hall–Kier alpha value is -2.78. The third-order valence-corrected chi connectivity index (χ3v) is 5.65. The lowest BCUT2D eigenvalue weighted by Gasteiger charge is -2.26. The quantitative estimate of drug-likeness (QED) is 0.486. The molecule has 168 valence electrons. The monoisotopic (exact) mass is 468 g/mol. The Labute approximate surface area is 189 Å². The van der Waals surface area contributed by atoms with Gasteiger partial charge in [0, 0.05) is 18.3 Å². The smallest absolute Gasteiger partial charge is 0.349 e. The van der Waals surface area contributed by atoms with Crippen LogP contribution in [0.4, 0.5) is 10.5 Å². The summed E-state index contributed by atoms with van der Waals surface area (Å²) in [6.07, 6.45) is 0. The maximum absolute atomic E-state index is 12.7. The van der Waals surface area contributed by atoms with E-state index in [1.807, 2.05) is 27.7 Å². The van der Waals surface area contributed by atoms with E-state index >= 15 is 0 Å². The molecule has 2 rings (SSSR count). The number of nitrogens with zero attached hydrogens (tertiary/aromatic N) is 1. The van der Waals surface area contributed by atoms with Crippen LogP contribution in [0.1, 0.15) is 37.4 Å². The van der Waals surface area contributed by atoms with Crippen LogP contribution in [0.5, 0.6) is 5.75 Å². The highest BCUT2D eigenvalue weighted by Gasteiger charge is 2.25. The van der Waals surface area contributed by atoms with Crippen molar-refractivity contribution in [3.05, 3.63) is 34.2 Å². The van der Waals surface area contributed by atoms with E-state index in [0.29, 0.717) is 22.7 Å². The zero-order chi connectivity index (χ0) is 23.3. The number of carbonyl (C=O) groups is 3. The summed E-state index contributed by atoms with van der Waals surface area (Å²) in [5.41, 5.74) is 1.21. The standard InChI is InChI=1S/C21H25ClN2O6S/c1-11(2)9-24(21(29)23-12(3)4)14-7-5-6-13(8-14)18-16(22)17(30-10-15(25)26)19(31-18)20(27)28/h5-8,11-12H,9-10H2,1-4H3,(H,23,29)(H,25,26)(H,27,28). The molecule has 0 aliphatic rings. The number of urea groups is 1. The van der Waals surface area contributed by atoms with Crippen LogP contribution >= 0.6 is 22.9 Å². The van der Waals surface area contributed by atoms with Gasteiger partial charge in [0.1, 0.15) is 5.02 Å². The molecule has 0 saturated heterocycles. The maximum Gasteiger partial charge on any atom is 0.349 e. The molecule has 3 N–H and O–H groups in total. The van der Waals surface area contributed by atoms with Gasteiger partial charge in [0.25, 0.3) is 0 Å². The highest BCUT2D eigenvalue weighted by Crippen LogP contribution is 2.46. The minimum Gasteiger partial charge on any atom is -0.479 e. The third-order valence-electron chi connectivity index (χ3n) is 3.97. The van der Waals surface area contributed by atoms with Crippen molar-refractivity contribution in [2.45, 2.75) is 33.7 Å². The first-order valence-electron chi connectivity index (χ1n) is 9.59. The number of rotatable bonds is 9. The molecule has 31 heavy (non-hydrogen) atoms. The Balaban J connectivity index is 2.50. The number of benzene rings is 1. The van der Waals surface area contributed by atoms with Gasteiger partial charge in [-0.3, -0.25) is 4.90 Å². The molecule has 0 atom stereocenters. The average molecular weight is 469 g/mol. The minimum atomic E-state index is -1.27. The Morgan fingerprint density at radius 2 is 1.87 bits per heavy atom. The number of aliphatic carboxylic acids is 1. The normalized spacial score (nSPS) is 10.9. The van der Waals surface area contributed by atoms with Crippen LogP contribution in [0.15, 0.2) is 24.3 Å². The molecule has 2 aromatic rings. The van der Waals surface area contributed by atoms with Gasteiger partial charge in [0.05, 0.1) is 4.88 Å². The van der Waals surface area contributed by atoms with Crippen molar-refractivity contribution in [1.29, 1.82) is 0 Å². The van der Waals surface area contributed by atoms with Gasteiger partial charge in [0.15, 0.2) is 17.2 Å².